The zero-order valence-electron chi connectivity index (χ0n) is 11.3. The quantitative estimate of drug-likeness (QED) is 0.525. The second kappa shape index (κ2) is 8.97. The maximum absolute atomic E-state index is 11.9. The van der Waals surface area contributed by atoms with Crippen molar-refractivity contribution in [2.75, 3.05) is 13.2 Å². The van der Waals surface area contributed by atoms with Crippen LogP contribution in [0.4, 0.5) is 4.79 Å². The summed E-state index contributed by atoms with van der Waals surface area (Å²) in [5.74, 6) is 0. The summed E-state index contributed by atoms with van der Waals surface area (Å²) < 4.78 is 5.22. The maximum atomic E-state index is 11.9. The zero-order chi connectivity index (χ0) is 13.9. The second-order valence-electron chi connectivity index (χ2n) is 4.20. The molecule has 1 aromatic rings. The predicted molar refractivity (Wildman–Crippen MR) is 77.8 cm³/mol. The van der Waals surface area contributed by atoms with Gasteiger partial charge in [0.15, 0.2) is 0 Å². The van der Waals surface area contributed by atoms with E-state index in [0.717, 1.165) is 18.4 Å². The molecule has 1 aromatic carbocycles. The summed E-state index contributed by atoms with van der Waals surface area (Å²) in [7, 11) is 0. The van der Waals surface area contributed by atoms with Crippen molar-refractivity contribution in [1.29, 1.82) is 0 Å². The number of carbonyl (C=O) groups is 1. The summed E-state index contributed by atoms with van der Waals surface area (Å²) in [6, 6.07) is 9.84. The van der Waals surface area contributed by atoms with Gasteiger partial charge in [-0.25, -0.2) is 4.79 Å². The normalized spacial score (nSPS) is 9.68. The van der Waals surface area contributed by atoms with E-state index >= 15 is 0 Å². The monoisotopic (exact) mass is 259 g/mol. The van der Waals surface area contributed by atoms with Gasteiger partial charge in [-0.05, 0) is 18.4 Å². The highest BCUT2D eigenvalue weighted by Gasteiger charge is 2.13. The van der Waals surface area contributed by atoms with Crippen molar-refractivity contribution in [3.8, 4) is 0 Å². The van der Waals surface area contributed by atoms with Crippen molar-refractivity contribution in [1.82, 2.24) is 4.90 Å². The Bertz CT molecular complexity index is 400. The Kier molecular flexibility index (Phi) is 7.10. The second-order valence-corrected chi connectivity index (χ2v) is 4.20. The molecule has 0 radical (unpaired) electrons. The molecule has 0 bridgehead atoms. The van der Waals surface area contributed by atoms with Gasteiger partial charge >= 0.3 is 6.09 Å². The number of allylic oxidation sites excluding steroid dienone is 1. The zero-order valence-corrected chi connectivity index (χ0v) is 11.3. The molecule has 0 aromatic heterocycles. The molecule has 0 saturated heterocycles. The summed E-state index contributed by atoms with van der Waals surface area (Å²) in [4.78, 5) is 13.6. The number of amides is 1. The fourth-order valence-electron chi connectivity index (χ4n) is 1.64. The Balaban J connectivity index is 2.49. The highest BCUT2D eigenvalue weighted by molar-refractivity contribution is 5.67. The summed E-state index contributed by atoms with van der Waals surface area (Å²) >= 11 is 0. The molecular weight excluding hydrogens is 238 g/mol. The predicted octanol–water partition coefficient (Wildman–Crippen LogP) is 3.78. The molecule has 0 aliphatic rings. The molecule has 1 amide bonds. The molecule has 0 fully saturated rings. The third-order valence-corrected chi connectivity index (χ3v) is 2.60. The molecular formula is C16H21NO2. The Morgan fingerprint density at radius 2 is 1.95 bits per heavy atom. The first kappa shape index (κ1) is 15.0. The van der Waals surface area contributed by atoms with Crippen molar-refractivity contribution >= 4 is 6.09 Å². The number of nitrogens with zero attached hydrogens (tertiary/aromatic N) is 1. The number of hydrogen-bond donors (Lipinski definition) is 0. The van der Waals surface area contributed by atoms with Crippen LogP contribution in [0.2, 0.25) is 0 Å². The third-order valence-electron chi connectivity index (χ3n) is 2.60. The van der Waals surface area contributed by atoms with Crippen LogP contribution in [0.5, 0.6) is 0 Å². The van der Waals surface area contributed by atoms with Gasteiger partial charge in [0.1, 0.15) is 0 Å². The molecule has 0 unspecified atom stereocenters. The molecule has 1 rings (SSSR count). The molecule has 0 atom stereocenters. The Hall–Kier alpha value is -2.03. The van der Waals surface area contributed by atoms with E-state index in [1.54, 1.807) is 11.0 Å². The van der Waals surface area contributed by atoms with E-state index in [1.807, 2.05) is 36.4 Å². The molecule has 0 N–H and O–H groups in total. The van der Waals surface area contributed by atoms with E-state index < -0.39 is 0 Å². The van der Waals surface area contributed by atoms with Gasteiger partial charge in [0.05, 0.1) is 6.61 Å². The fourth-order valence-corrected chi connectivity index (χ4v) is 1.64. The van der Waals surface area contributed by atoms with Gasteiger partial charge < -0.3 is 9.64 Å². The molecule has 0 heterocycles. The number of carbonyl (C=O) groups excluding carboxylic acids is 1. The standard InChI is InChI=1S/C16H21NO2/c1-3-5-9-13-19-16(18)17(12-4-2)14-15-10-7-6-8-11-15/h3-4,6-8,10-11H,1-2,5,9,12-14H2. The summed E-state index contributed by atoms with van der Waals surface area (Å²) in [5.41, 5.74) is 1.08. The minimum Gasteiger partial charge on any atom is -0.449 e. The van der Waals surface area contributed by atoms with E-state index in [1.165, 1.54) is 0 Å². The van der Waals surface area contributed by atoms with E-state index in [9.17, 15) is 4.79 Å². The van der Waals surface area contributed by atoms with Crippen molar-refractivity contribution in [2.45, 2.75) is 19.4 Å². The number of unbranched alkanes of at least 4 members (excludes halogenated alkanes) is 1. The van der Waals surface area contributed by atoms with Crippen LogP contribution in [0.1, 0.15) is 18.4 Å². The van der Waals surface area contributed by atoms with E-state index in [4.69, 9.17) is 4.74 Å². The Morgan fingerprint density at radius 1 is 1.21 bits per heavy atom. The average molecular weight is 259 g/mol. The highest BCUT2D eigenvalue weighted by atomic mass is 16.6. The summed E-state index contributed by atoms with van der Waals surface area (Å²) in [6.07, 6.45) is 4.89. The van der Waals surface area contributed by atoms with Crippen LogP contribution >= 0.6 is 0 Å². The van der Waals surface area contributed by atoms with Gasteiger partial charge in [-0.1, -0.05) is 42.5 Å². The van der Waals surface area contributed by atoms with E-state index in [0.29, 0.717) is 19.7 Å². The largest absolute Gasteiger partial charge is 0.449 e. The average Bonchev–Trinajstić information content (AvgIpc) is 2.44. The number of ether oxygens (including phenoxy) is 1. The SMILES string of the molecule is C=CCCCOC(=O)N(CC=C)Cc1ccccc1. The summed E-state index contributed by atoms with van der Waals surface area (Å²) in [5, 5.41) is 0. The van der Waals surface area contributed by atoms with Crippen LogP contribution in [0.3, 0.4) is 0 Å². The van der Waals surface area contributed by atoms with Gasteiger partial charge in [0, 0.05) is 13.1 Å². The first-order valence-corrected chi connectivity index (χ1v) is 6.45. The van der Waals surface area contributed by atoms with Crippen LogP contribution in [0.15, 0.2) is 55.6 Å². The van der Waals surface area contributed by atoms with Crippen LogP contribution in [-0.4, -0.2) is 24.1 Å². The molecule has 0 aliphatic carbocycles. The molecule has 0 aliphatic heterocycles. The lowest BCUT2D eigenvalue weighted by Gasteiger charge is -2.20. The van der Waals surface area contributed by atoms with Gasteiger partial charge in [0.25, 0.3) is 0 Å². The minimum absolute atomic E-state index is 0.298. The van der Waals surface area contributed by atoms with Crippen molar-refractivity contribution in [3.63, 3.8) is 0 Å². The lowest BCUT2D eigenvalue weighted by molar-refractivity contribution is 0.103. The molecule has 3 heteroatoms. The summed E-state index contributed by atoms with van der Waals surface area (Å²) in [6.45, 7) is 8.75. The lowest BCUT2D eigenvalue weighted by Crippen LogP contribution is -2.31. The van der Waals surface area contributed by atoms with E-state index in [2.05, 4.69) is 13.2 Å². The van der Waals surface area contributed by atoms with Crippen molar-refractivity contribution in [3.05, 3.63) is 61.2 Å². The van der Waals surface area contributed by atoms with Gasteiger partial charge in [-0.2, -0.15) is 0 Å². The van der Waals surface area contributed by atoms with Gasteiger partial charge in [0.2, 0.25) is 0 Å². The molecule has 19 heavy (non-hydrogen) atoms. The smallest absolute Gasteiger partial charge is 0.410 e. The molecule has 3 nitrogen and oxygen atoms in total. The van der Waals surface area contributed by atoms with Gasteiger partial charge in [-0.15, -0.1) is 13.2 Å². The number of rotatable bonds is 8. The maximum Gasteiger partial charge on any atom is 0.410 e. The van der Waals surface area contributed by atoms with Crippen molar-refractivity contribution in [2.24, 2.45) is 0 Å². The first-order chi connectivity index (χ1) is 9.27. The Labute approximate surface area is 115 Å². The molecule has 102 valence electrons. The van der Waals surface area contributed by atoms with Crippen molar-refractivity contribution < 1.29 is 9.53 Å². The number of benzene rings is 1. The lowest BCUT2D eigenvalue weighted by atomic mass is 10.2. The highest BCUT2D eigenvalue weighted by Crippen LogP contribution is 2.06. The Morgan fingerprint density at radius 3 is 2.58 bits per heavy atom. The first-order valence-electron chi connectivity index (χ1n) is 6.45. The van der Waals surface area contributed by atoms with Crippen LogP contribution in [-0.2, 0) is 11.3 Å². The topological polar surface area (TPSA) is 29.5 Å². The molecule has 0 saturated carbocycles. The van der Waals surface area contributed by atoms with Crippen LogP contribution in [0.25, 0.3) is 0 Å². The fraction of sp³-hybridized carbons (Fsp3) is 0.312. The minimum atomic E-state index is -0.298. The van der Waals surface area contributed by atoms with Crippen LogP contribution < -0.4 is 0 Å². The molecule has 0 spiro atoms. The third kappa shape index (κ3) is 5.91. The van der Waals surface area contributed by atoms with E-state index in [-0.39, 0.29) is 6.09 Å². The van der Waals surface area contributed by atoms with Gasteiger partial charge in [-0.3, -0.25) is 0 Å². The van der Waals surface area contributed by atoms with Crippen LogP contribution in [0, 0.1) is 0 Å². The number of hydrogen-bond acceptors (Lipinski definition) is 2.